The van der Waals surface area contributed by atoms with E-state index >= 15 is 0 Å². The number of rotatable bonds is 0. The first-order valence-corrected chi connectivity index (χ1v) is 7.96. The Labute approximate surface area is 133 Å². The Hall–Kier alpha value is -1.92. The summed E-state index contributed by atoms with van der Waals surface area (Å²) in [6, 6.07) is 11.2. The lowest BCUT2D eigenvalue weighted by Crippen LogP contribution is -2.49. The van der Waals surface area contributed by atoms with E-state index in [1.807, 2.05) is 24.3 Å². The van der Waals surface area contributed by atoms with Crippen molar-refractivity contribution in [1.29, 1.82) is 0 Å². The molecule has 0 unspecified atom stereocenters. The van der Waals surface area contributed by atoms with Crippen molar-refractivity contribution in [2.45, 2.75) is 24.0 Å². The zero-order valence-electron chi connectivity index (χ0n) is 11.6. The predicted octanol–water partition coefficient (Wildman–Crippen LogP) is 1.45. The third kappa shape index (κ3) is 1.87. The largest absolute Gasteiger partial charge is 0.390 e. The molecule has 1 N–H and O–H groups in total. The number of fused-ring (bicyclic) bond motifs is 3. The summed E-state index contributed by atoms with van der Waals surface area (Å²) in [5.41, 5.74) is -0.435. The summed E-state index contributed by atoms with van der Waals surface area (Å²) in [5, 5.41) is 12.6. The molecule has 0 aliphatic carbocycles. The number of benzene rings is 2. The first kappa shape index (κ1) is 13.7. The van der Waals surface area contributed by atoms with Crippen molar-refractivity contribution in [3.63, 3.8) is 0 Å². The van der Waals surface area contributed by atoms with Crippen LogP contribution in [-0.2, 0) is 13.1 Å². The zero-order chi connectivity index (χ0) is 15.4. The minimum atomic E-state index is -0.685. The van der Waals surface area contributed by atoms with Gasteiger partial charge in [-0.2, -0.15) is 0 Å². The maximum Gasteiger partial charge on any atom is 0.273 e. The van der Waals surface area contributed by atoms with Crippen LogP contribution in [0.5, 0.6) is 0 Å². The molecule has 112 valence electrons. The Morgan fingerprint density at radius 1 is 0.955 bits per heavy atom. The molecule has 0 spiro atoms. The maximum absolute atomic E-state index is 12.7. The van der Waals surface area contributed by atoms with Gasteiger partial charge in [-0.15, -0.1) is 0 Å². The molecule has 1 aliphatic rings. The Morgan fingerprint density at radius 2 is 1.45 bits per heavy atom. The van der Waals surface area contributed by atoms with Gasteiger partial charge >= 0.3 is 0 Å². The van der Waals surface area contributed by atoms with Crippen LogP contribution in [0.1, 0.15) is 0 Å². The Bertz CT molecular complexity index is 939. The second-order valence-corrected chi connectivity index (χ2v) is 6.78. The van der Waals surface area contributed by atoms with Gasteiger partial charge in [-0.05, 0) is 22.9 Å². The van der Waals surface area contributed by atoms with Gasteiger partial charge in [0.15, 0.2) is 0 Å². The van der Waals surface area contributed by atoms with E-state index in [9.17, 15) is 14.7 Å². The van der Waals surface area contributed by atoms with Crippen LogP contribution in [0.3, 0.4) is 0 Å². The number of alkyl halides is 1. The first-order valence-electron chi connectivity index (χ1n) is 7.05. The molecule has 22 heavy (non-hydrogen) atoms. The molecule has 3 aromatic rings. The average molecular weight is 361 g/mol. The molecule has 0 saturated heterocycles. The van der Waals surface area contributed by atoms with Gasteiger partial charge in [-0.25, -0.2) is 9.36 Å². The van der Waals surface area contributed by atoms with Crippen LogP contribution in [0.15, 0.2) is 46.0 Å². The fourth-order valence-corrected chi connectivity index (χ4v) is 3.47. The molecular weight excluding hydrogens is 348 g/mol. The Balaban J connectivity index is 2.15. The molecule has 1 aromatic heterocycles. The highest BCUT2D eigenvalue weighted by atomic mass is 79.9. The summed E-state index contributed by atoms with van der Waals surface area (Å²) < 4.78 is 2.77. The van der Waals surface area contributed by atoms with Gasteiger partial charge in [0.05, 0.1) is 34.8 Å². The lowest BCUT2D eigenvalue weighted by atomic mass is 10.1. The number of nitrogens with zero attached hydrogens (tertiary/aromatic N) is 2. The SMILES string of the molecule is O=c1c2cc3ccccc3cc2c(=O)n2n1C[C@@H](O)[C@H](Br)C2. The van der Waals surface area contributed by atoms with Crippen LogP contribution in [0.4, 0.5) is 0 Å². The van der Waals surface area contributed by atoms with E-state index in [0.29, 0.717) is 10.8 Å². The maximum atomic E-state index is 12.7. The molecule has 0 radical (unpaired) electrons. The van der Waals surface area contributed by atoms with Crippen LogP contribution in [0, 0.1) is 0 Å². The van der Waals surface area contributed by atoms with E-state index in [4.69, 9.17) is 0 Å². The van der Waals surface area contributed by atoms with Crippen molar-refractivity contribution >= 4 is 37.5 Å². The molecule has 6 heteroatoms. The molecule has 0 saturated carbocycles. The lowest BCUT2D eigenvalue weighted by molar-refractivity contribution is 0.104. The normalized spacial score (nSPS) is 21.2. The predicted molar refractivity (Wildman–Crippen MR) is 88.7 cm³/mol. The van der Waals surface area contributed by atoms with Gasteiger partial charge in [0.1, 0.15) is 0 Å². The van der Waals surface area contributed by atoms with Gasteiger partial charge < -0.3 is 5.11 Å². The summed E-state index contributed by atoms with van der Waals surface area (Å²) in [6.45, 7) is 0.394. The smallest absolute Gasteiger partial charge is 0.273 e. The number of aliphatic hydroxyl groups is 1. The summed E-state index contributed by atoms with van der Waals surface area (Å²) in [5.74, 6) is 0. The van der Waals surface area contributed by atoms with Gasteiger partial charge in [-0.1, -0.05) is 40.2 Å². The van der Waals surface area contributed by atoms with Gasteiger partial charge in [-0.3, -0.25) is 9.59 Å². The number of aromatic nitrogens is 2. The fraction of sp³-hybridized carbons (Fsp3) is 0.250. The van der Waals surface area contributed by atoms with Gasteiger partial charge in [0, 0.05) is 0 Å². The third-order valence-electron chi connectivity index (χ3n) is 4.23. The molecular formula is C16H13BrN2O3. The topological polar surface area (TPSA) is 64.2 Å². The van der Waals surface area contributed by atoms with E-state index in [2.05, 4.69) is 15.9 Å². The summed E-state index contributed by atoms with van der Waals surface area (Å²) in [6.07, 6.45) is -0.685. The summed E-state index contributed by atoms with van der Waals surface area (Å²) >= 11 is 3.36. The molecule has 0 amide bonds. The number of aliphatic hydroxyl groups excluding tert-OH is 1. The molecule has 2 atom stereocenters. The second-order valence-electron chi connectivity index (χ2n) is 5.60. The number of hydrogen-bond donors (Lipinski definition) is 1. The number of hydrogen-bond acceptors (Lipinski definition) is 3. The van der Waals surface area contributed by atoms with Gasteiger partial charge in [0.25, 0.3) is 11.1 Å². The van der Waals surface area contributed by atoms with Crippen LogP contribution < -0.4 is 11.1 Å². The summed E-state index contributed by atoms with van der Waals surface area (Å²) in [4.78, 5) is 25.2. The Morgan fingerprint density at radius 3 is 2.00 bits per heavy atom. The van der Waals surface area contributed by atoms with E-state index in [-0.39, 0.29) is 29.0 Å². The minimum absolute atomic E-state index is 0.118. The zero-order valence-corrected chi connectivity index (χ0v) is 13.2. The molecule has 0 fully saturated rings. The molecule has 5 nitrogen and oxygen atoms in total. The summed E-state index contributed by atoms with van der Waals surface area (Å²) in [7, 11) is 0. The van der Waals surface area contributed by atoms with Crippen LogP contribution >= 0.6 is 15.9 Å². The van der Waals surface area contributed by atoms with Crippen molar-refractivity contribution in [3.05, 3.63) is 57.1 Å². The monoisotopic (exact) mass is 360 g/mol. The highest BCUT2D eigenvalue weighted by Crippen LogP contribution is 2.20. The van der Waals surface area contributed by atoms with Crippen molar-refractivity contribution in [2.75, 3.05) is 0 Å². The number of halogens is 1. The molecule has 1 aliphatic heterocycles. The van der Waals surface area contributed by atoms with Gasteiger partial charge in [0.2, 0.25) is 0 Å². The third-order valence-corrected chi connectivity index (χ3v) is 5.13. The second kappa shape index (κ2) is 4.79. The minimum Gasteiger partial charge on any atom is -0.390 e. The van der Waals surface area contributed by atoms with E-state index in [1.165, 1.54) is 9.36 Å². The molecule has 2 aromatic carbocycles. The molecule has 0 bridgehead atoms. The highest BCUT2D eigenvalue weighted by molar-refractivity contribution is 9.09. The van der Waals surface area contributed by atoms with Crippen molar-refractivity contribution in [3.8, 4) is 0 Å². The lowest BCUT2D eigenvalue weighted by Gasteiger charge is -2.28. The fourth-order valence-electron chi connectivity index (χ4n) is 3.03. The van der Waals surface area contributed by atoms with Crippen molar-refractivity contribution in [1.82, 2.24) is 9.36 Å². The first-order chi connectivity index (χ1) is 10.6. The average Bonchev–Trinajstić information content (AvgIpc) is 2.53. The van der Waals surface area contributed by atoms with Crippen LogP contribution in [0.2, 0.25) is 0 Å². The highest BCUT2D eigenvalue weighted by Gasteiger charge is 2.27. The Kier molecular flexibility index (Phi) is 2.99. The van der Waals surface area contributed by atoms with Crippen molar-refractivity contribution in [2.24, 2.45) is 0 Å². The van der Waals surface area contributed by atoms with Crippen LogP contribution in [-0.4, -0.2) is 25.4 Å². The van der Waals surface area contributed by atoms with E-state index in [1.54, 1.807) is 12.1 Å². The molecule has 2 heterocycles. The van der Waals surface area contributed by atoms with E-state index in [0.717, 1.165) is 10.8 Å². The standard InChI is InChI=1S/C16H13BrN2O3/c17-13-7-18-15(21)11-5-9-3-1-2-4-10(9)6-12(11)16(22)19(18)8-14(13)20/h1-6,13-14,20H,7-8H2/t13-,14-/m1/s1. The van der Waals surface area contributed by atoms with E-state index < -0.39 is 6.10 Å². The van der Waals surface area contributed by atoms with Crippen molar-refractivity contribution < 1.29 is 5.11 Å². The molecule has 4 rings (SSSR count). The quantitative estimate of drug-likeness (QED) is 0.487. The van der Waals surface area contributed by atoms with Crippen LogP contribution in [0.25, 0.3) is 21.5 Å².